The Morgan fingerprint density at radius 3 is 2.52 bits per heavy atom. The Morgan fingerprint density at radius 1 is 1.19 bits per heavy atom. The van der Waals surface area contributed by atoms with Crippen molar-refractivity contribution in [2.24, 2.45) is 11.7 Å². The summed E-state index contributed by atoms with van der Waals surface area (Å²) in [6.07, 6.45) is 1.73. The van der Waals surface area contributed by atoms with Crippen molar-refractivity contribution in [2.75, 3.05) is 32.0 Å². The van der Waals surface area contributed by atoms with Crippen LogP contribution in [0.3, 0.4) is 0 Å². The van der Waals surface area contributed by atoms with Gasteiger partial charge in [0.25, 0.3) is 5.91 Å². The van der Waals surface area contributed by atoms with E-state index in [0.717, 1.165) is 42.0 Å². The molecule has 2 aromatic rings. The molecular weight excluding hydrogens is 480 g/mol. The molecule has 6 nitrogen and oxygen atoms in total. The summed E-state index contributed by atoms with van der Waals surface area (Å²) in [6.45, 7) is 2.58. The number of nitrogens with two attached hydrogens (primary N) is 1. The van der Waals surface area contributed by atoms with E-state index in [0.29, 0.717) is 11.3 Å². The van der Waals surface area contributed by atoms with Gasteiger partial charge in [0.2, 0.25) is 0 Å². The van der Waals surface area contributed by atoms with Gasteiger partial charge in [-0.3, -0.25) is 14.5 Å². The second-order valence-corrected chi connectivity index (χ2v) is 9.21. The predicted molar refractivity (Wildman–Crippen MR) is 128 cm³/mol. The van der Waals surface area contributed by atoms with E-state index in [4.69, 9.17) is 17.3 Å². The van der Waals surface area contributed by atoms with Gasteiger partial charge in [-0.25, -0.2) is 0 Å². The van der Waals surface area contributed by atoms with Crippen molar-refractivity contribution < 1.29 is 9.59 Å². The van der Waals surface area contributed by atoms with Gasteiger partial charge in [-0.15, -0.1) is 0 Å². The van der Waals surface area contributed by atoms with E-state index >= 15 is 0 Å². The van der Waals surface area contributed by atoms with Gasteiger partial charge >= 0.3 is 0 Å². The number of nitrogens with one attached hydrogen (secondary N) is 2. The maximum absolute atomic E-state index is 12.6. The Bertz CT molecular complexity index is 914. The molecule has 0 saturated carbocycles. The van der Waals surface area contributed by atoms with E-state index in [9.17, 15) is 9.59 Å². The zero-order chi connectivity index (χ0) is 22.4. The lowest BCUT2D eigenvalue weighted by atomic mass is 9.87. The predicted octanol–water partition coefficient (Wildman–Crippen LogP) is 3.68. The number of hydrogen-bond donors (Lipinski definition) is 3. The Morgan fingerprint density at radius 2 is 1.87 bits per heavy atom. The van der Waals surface area contributed by atoms with Crippen LogP contribution in [0.4, 0.5) is 5.69 Å². The number of piperidine rings is 1. The zero-order valence-electron chi connectivity index (χ0n) is 17.5. The topological polar surface area (TPSA) is 87.5 Å². The first-order valence-electron chi connectivity index (χ1n) is 10.4. The monoisotopic (exact) mass is 506 g/mol. The molecule has 1 aliphatic heterocycles. The summed E-state index contributed by atoms with van der Waals surface area (Å²) >= 11 is 9.32. The molecule has 1 fully saturated rings. The highest BCUT2D eigenvalue weighted by atomic mass is 79.9. The average Bonchev–Trinajstić information content (AvgIpc) is 2.78. The van der Waals surface area contributed by atoms with Gasteiger partial charge in [0.1, 0.15) is 0 Å². The fraction of sp³-hybridized carbons (Fsp3) is 0.391. The van der Waals surface area contributed by atoms with Crippen molar-refractivity contribution in [3.8, 4) is 0 Å². The summed E-state index contributed by atoms with van der Waals surface area (Å²) in [7, 11) is 1.75. The number of amides is 1. The summed E-state index contributed by atoms with van der Waals surface area (Å²) in [6, 6.07) is 12.7. The highest BCUT2D eigenvalue weighted by Crippen LogP contribution is 2.23. The first-order chi connectivity index (χ1) is 14.9. The van der Waals surface area contributed by atoms with E-state index in [1.807, 2.05) is 36.4 Å². The van der Waals surface area contributed by atoms with Crippen molar-refractivity contribution in [3.63, 3.8) is 0 Å². The maximum atomic E-state index is 12.6. The van der Waals surface area contributed by atoms with Crippen molar-refractivity contribution in [1.82, 2.24) is 10.2 Å². The van der Waals surface area contributed by atoms with Crippen LogP contribution in [0.1, 0.15) is 28.8 Å². The number of likely N-dealkylation sites (tertiary alicyclic amines) is 1. The third-order valence-corrected chi connectivity index (χ3v) is 6.50. The van der Waals surface area contributed by atoms with E-state index in [1.165, 1.54) is 5.56 Å². The molecule has 1 unspecified atom stereocenters. The van der Waals surface area contributed by atoms with Gasteiger partial charge in [-0.1, -0.05) is 39.7 Å². The van der Waals surface area contributed by atoms with E-state index < -0.39 is 6.04 Å². The van der Waals surface area contributed by atoms with Crippen LogP contribution >= 0.6 is 27.5 Å². The molecule has 0 aromatic heterocycles. The number of carbonyl (C=O) groups is 2. The number of carbonyl (C=O) groups excluding carboxylic acids is 2. The molecular formula is C23H28BrClN4O2. The number of Topliss-reactive ketones (excluding diaryl/α,β-unsaturated/α-hetero) is 1. The van der Waals surface area contributed by atoms with Crippen molar-refractivity contribution in [1.29, 1.82) is 0 Å². The number of benzene rings is 2. The second-order valence-electron chi connectivity index (χ2n) is 7.85. The molecule has 1 amide bonds. The minimum Gasteiger partial charge on any atom is -0.387 e. The molecule has 0 aliphatic carbocycles. The minimum absolute atomic E-state index is 0.0688. The Labute approximate surface area is 196 Å². The molecule has 31 heavy (non-hydrogen) atoms. The normalized spacial score (nSPS) is 16.0. The second kappa shape index (κ2) is 11.1. The van der Waals surface area contributed by atoms with Crippen LogP contribution in [0.25, 0.3) is 0 Å². The van der Waals surface area contributed by atoms with Crippen LogP contribution in [0.5, 0.6) is 0 Å². The largest absolute Gasteiger partial charge is 0.387 e. The average molecular weight is 508 g/mol. The highest BCUT2D eigenvalue weighted by Gasteiger charge is 2.28. The smallest absolute Gasteiger partial charge is 0.253 e. The van der Waals surface area contributed by atoms with Crippen LogP contribution in [-0.4, -0.2) is 49.3 Å². The summed E-state index contributed by atoms with van der Waals surface area (Å²) in [5.41, 5.74) is 8.66. The lowest BCUT2D eigenvalue weighted by Crippen LogP contribution is -2.47. The van der Waals surface area contributed by atoms with Gasteiger partial charge in [-0.2, -0.15) is 0 Å². The molecule has 1 atom stereocenters. The molecule has 2 aromatic carbocycles. The summed E-state index contributed by atoms with van der Waals surface area (Å²) in [5.74, 6) is -0.306. The third kappa shape index (κ3) is 6.53. The summed E-state index contributed by atoms with van der Waals surface area (Å²) in [4.78, 5) is 27.5. The number of hydrogen-bond acceptors (Lipinski definition) is 5. The summed E-state index contributed by atoms with van der Waals surface area (Å²) in [5, 5.41) is 6.44. The van der Waals surface area contributed by atoms with Crippen LogP contribution in [0.15, 0.2) is 46.9 Å². The highest BCUT2D eigenvalue weighted by molar-refractivity contribution is 9.10. The standard InChI is InChI=1S/C23H28BrClN4O2/c1-27-20-7-4-17(24)12-19(20)23(31)28-13-21(30)22(26)16-8-10-29(11-9-16)14-15-2-5-18(25)6-3-15/h2-7,12,16,22,27H,8-11,13-14,26H2,1H3,(H,28,31). The number of rotatable bonds is 8. The van der Waals surface area contributed by atoms with Crippen LogP contribution in [0, 0.1) is 5.92 Å². The van der Waals surface area contributed by atoms with Crippen molar-refractivity contribution >= 4 is 44.9 Å². The molecule has 1 saturated heterocycles. The first kappa shape index (κ1) is 23.7. The number of ketones is 1. The molecule has 4 N–H and O–H groups in total. The van der Waals surface area contributed by atoms with E-state index in [-0.39, 0.29) is 24.2 Å². The van der Waals surface area contributed by atoms with Crippen molar-refractivity contribution in [3.05, 3.63) is 63.1 Å². The number of anilines is 1. The van der Waals surface area contributed by atoms with Crippen LogP contribution < -0.4 is 16.4 Å². The Kier molecular flexibility index (Phi) is 8.49. The van der Waals surface area contributed by atoms with Gasteiger partial charge in [0, 0.05) is 28.8 Å². The minimum atomic E-state index is -0.565. The third-order valence-electron chi connectivity index (χ3n) is 5.75. The Balaban J connectivity index is 1.47. The lowest BCUT2D eigenvalue weighted by Gasteiger charge is -2.34. The molecule has 0 spiro atoms. The van der Waals surface area contributed by atoms with Crippen molar-refractivity contribution in [2.45, 2.75) is 25.4 Å². The van der Waals surface area contributed by atoms with E-state index in [1.54, 1.807) is 13.1 Å². The first-order valence-corrected chi connectivity index (χ1v) is 11.5. The maximum Gasteiger partial charge on any atom is 0.253 e. The number of halogens is 2. The van der Waals surface area contributed by atoms with Gasteiger partial charge in [0.05, 0.1) is 18.2 Å². The van der Waals surface area contributed by atoms with Crippen LogP contribution in [-0.2, 0) is 11.3 Å². The molecule has 8 heteroatoms. The quantitative estimate of drug-likeness (QED) is 0.507. The van der Waals surface area contributed by atoms with Gasteiger partial charge in [-0.05, 0) is 67.7 Å². The zero-order valence-corrected chi connectivity index (χ0v) is 19.9. The molecule has 0 radical (unpaired) electrons. The molecule has 0 bridgehead atoms. The SMILES string of the molecule is CNc1ccc(Br)cc1C(=O)NCC(=O)C(N)C1CCN(Cc2ccc(Cl)cc2)CC1. The molecule has 166 valence electrons. The van der Waals surface area contributed by atoms with Gasteiger partial charge in [0.15, 0.2) is 5.78 Å². The lowest BCUT2D eigenvalue weighted by molar-refractivity contribution is -0.120. The Hall–Kier alpha value is -1.93. The van der Waals surface area contributed by atoms with E-state index in [2.05, 4.69) is 31.5 Å². The molecule has 1 heterocycles. The number of nitrogens with zero attached hydrogens (tertiary/aromatic N) is 1. The van der Waals surface area contributed by atoms with Crippen LogP contribution in [0.2, 0.25) is 5.02 Å². The molecule has 1 aliphatic rings. The molecule has 3 rings (SSSR count). The van der Waals surface area contributed by atoms with Gasteiger partial charge < -0.3 is 16.4 Å². The summed E-state index contributed by atoms with van der Waals surface area (Å²) < 4.78 is 0.796. The fourth-order valence-electron chi connectivity index (χ4n) is 3.88. The fourth-order valence-corrected chi connectivity index (χ4v) is 4.37.